The molecule has 0 spiro atoms. The van der Waals surface area contributed by atoms with Gasteiger partial charge in [-0.2, -0.15) is 4.98 Å². The van der Waals surface area contributed by atoms with Crippen molar-refractivity contribution in [3.63, 3.8) is 0 Å². The molecule has 1 aliphatic rings. The summed E-state index contributed by atoms with van der Waals surface area (Å²) in [6.07, 6.45) is 4.74. The number of aromatic amines is 1. The van der Waals surface area contributed by atoms with E-state index in [-0.39, 0.29) is 11.8 Å². The molecular formula is C12H13N5O. The Hall–Kier alpha value is -2.24. The standard InChI is InChI=1S/C12H13N5O/c18-11(8-4-3-5-8)15-12-14-10(16-17-12)9-6-1-2-7-13-9/h1-2,6-8H,3-5H2,(H2,14,15,16,17,18). The SMILES string of the molecule is O=C(Nc1n[nH]c(-c2ccccn2)n1)C1CCC1. The zero-order valence-electron chi connectivity index (χ0n) is 9.76. The molecule has 2 heterocycles. The van der Waals surface area contributed by atoms with Gasteiger partial charge in [-0.1, -0.05) is 12.5 Å². The molecule has 3 rings (SSSR count). The maximum atomic E-state index is 11.7. The minimum atomic E-state index is 0.00724. The third-order valence-corrected chi connectivity index (χ3v) is 3.10. The topological polar surface area (TPSA) is 83.6 Å². The maximum absolute atomic E-state index is 11.7. The van der Waals surface area contributed by atoms with E-state index in [1.54, 1.807) is 6.20 Å². The number of hydrogen-bond donors (Lipinski definition) is 2. The second-order valence-electron chi connectivity index (χ2n) is 4.34. The smallest absolute Gasteiger partial charge is 0.249 e. The van der Waals surface area contributed by atoms with Crippen LogP contribution in [0.5, 0.6) is 0 Å². The zero-order valence-corrected chi connectivity index (χ0v) is 9.76. The monoisotopic (exact) mass is 243 g/mol. The Bertz CT molecular complexity index is 547. The quantitative estimate of drug-likeness (QED) is 0.857. The number of carbonyl (C=O) groups is 1. The third-order valence-electron chi connectivity index (χ3n) is 3.10. The highest BCUT2D eigenvalue weighted by molar-refractivity contribution is 5.91. The van der Waals surface area contributed by atoms with E-state index in [0.717, 1.165) is 19.3 Å². The number of nitrogens with zero attached hydrogens (tertiary/aromatic N) is 3. The molecule has 0 atom stereocenters. The molecule has 1 saturated carbocycles. The summed E-state index contributed by atoms with van der Waals surface area (Å²) in [5, 5.41) is 9.44. The van der Waals surface area contributed by atoms with Crippen LogP contribution in [0.1, 0.15) is 19.3 Å². The molecule has 6 nitrogen and oxygen atoms in total. The molecule has 1 fully saturated rings. The van der Waals surface area contributed by atoms with E-state index < -0.39 is 0 Å². The van der Waals surface area contributed by atoms with Gasteiger partial charge in [-0.3, -0.25) is 20.2 Å². The number of pyridine rings is 1. The number of nitrogens with one attached hydrogen (secondary N) is 2. The van der Waals surface area contributed by atoms with E-state index in [9.17, 15) is 4.79 Å². The first-order valence-corrected chi connectivity index (χ1v) is 5.97. The lowest BCUT2D eigenvalue weighted by atomic mass is 9.85. The molecular weight excluding hydrogens is 230 g/mol. The number of hydrogen-bond acceptors (Lipinski definition) is 4. The molecule has 2 aromatic heterocycles. The van der Waals surface area contributed by atoms with Crippen molar-refractivity contribution in [2.45, 2.75) is 19.3 Å². The number of aromatic nitrogens is 4. The Labute approximate surface area is 104 Å². The average Bonchev–Trinajstić information content (AvgIpc) is 2.76. The molecule has 0 aliphatic heterocycles. The highest BCUT2D eigenvalue weighted by Gasteiger charge is 2.26. The summed E-state index contributed by atoms with van der Waals surface area (Å²) in [5.74, 6) is 1.00. The van der Waals surface area contributed by atoms with E-state index in [2.05, 4.69) is 25.5 Å². The van der Waals surface area contributed by atoms with Crippen LogP contribution in [0, 0.1) is 5.92 Å². The normalized spacial score (nSPS) is 15.1. The van der Waals surface area contributed by atoms with Gasteiger partial charge in [0.05, 0.1) is 0 Å². The van der Waals surface area contributed by atoms with E-state index in [4.69, 9.17) is 0 Å². The second kappa shape index (κ2) is 4.56. The van der Waals surface area contributed by atoms with Gasteiger partial charge in [0.15, 0.2) is 5.82 Å². The number of carbonyl (C=O) groups excluding carboxylic acids is 1. The van der Waals surface area contributed by atoms with Gasteiger partial charge in [0, 0.05) is 12.1 Å². The zero-order chi connectivity index (χ0) is 12.4. The van der Waals surface area contributed by atoms with E-state index in [1.165, 1.54) is 0 Å². The van der Waals surface area contributed by atoms with Crippen molar-refractivity contribution in [1.82, 2.24) is 20.2 Å². The van der Waals surface area contributed by atoms with Crippen LogP contribution in [0.3, 0.4) is 0 Å². The molecule has 0 unspecified atom stereocenters. The summed E-state index contributed by atoms with van der Waals surface area (Å²) in [7, 11) is 0. The highest BCUT2D eigenvalue weighted by atomic mass is 16.2. The van der Waals surface area contributed by atoms with Gasteiger partial charge < -0.3 is 0 Å². The van der Waals surface area contributed by atoms with Crippen LogP contribution in [0.25, 0.3) is 11.5 Å². The van der Waals surface area contributed by atoms with Crippen LogP contribution in [0.4, 0.5) is 5.95 Å². The fourth-order valence-electron chi connectivity index (χ4n) is 1.82. The summed E-state index contributed by atoms with van der Waals surface area (Å²) in [6.45, 7) is 0. The van der Waals surface area contributed by atoms with Gasteiger partial charge in [0.2, 0.25) is 11.9 Å². The van der Waals surface area contributed by atoms with Crippen molar-refractivity contribution in [1.29, 1.82) is 0 Å². The number of anilines is 1. The van der Waals surface area contributed by atoms with Crippen molar-refractivity contribution in [3.05, 3.63) is 24.4 Å². The number of H-pyrrole nitrogens is 1. The van der Waals surface area contributed by atoms with Crippen LogP contribution < -0.4 is 5.32 Å². The minimum absolute atomic E-state index is 0.00724. The lowest BCUT2D eigenvalue weighted by molar-refractivity contribution is -0.122. The summed E-state index contributed by atoms with van der Waals surface area (Å²) in [6, 6.07) is 5.54. The molecule has 0 aromatic carbocycles. The van der Waals surface area contributed by atoms with Crippen LogP contribution in [-0.4, -0.2) is 26.1 Å². The summed E-state index contributed by atoms with van der Waals surface area (Å²) in [5.41, 5.74) is 0.703. The Morgan fingerprint density at radius 3 is 2.94 bits per heavy atom. The summed E-state index contributed by atoms with van der Waals surface area (Å²) >= 11 is 0. The maximum Gasteiger partial charge on any atom is 0.249 e. The lowest BCUT2D eigenvalue weighted by Gasteiger charge is -2.22. The van der Waals surface area contributed by atoms with Gasteiger partial charge >= 0.3 is 0 Å². The van der Waals surface area contributed by atoms with Gasteiger partial charge in [0.25, 0.3) is 0 Å². The first-order chi connectivity index (χ1) is 8.83. The summed E-state index contributed by atoms with van der Waals surface area (Å²) < 4.78 is 0. The minimum Gasteiger partial charge on any atom is -0.293 e. The predicted molar refractivity (Wildman–Crippen MR) is 65.6 cm³/mol. The van der Waals surface area contributed by atoms with Crippen molar-refractivity contribution in [3.8, 4) is 11.5 Å². The van der Waals surface area contributed by atoms with Gasteiger partial charge in [-0.25, -0.2) is 0 Å². The van der Waals surface area contributed by atoms with E-state index in [0.29, 0.717) is 17.5 Å². The molecule has 6 heteroatoms. The molecule has 0 radical (unpaired) electrons. The van der Waals surface area contributed by atoms with E-state index >= 15 is 0 Å². The highest BCUT2D eigenvalue weighted by Crippen LogP contribution is 2.27. The summed E-state index contributed by atoms with van der Waals surface area (Å²) in [4.78, 5) is 20.1. The van der Waals surface area contributed by atoms with Crippen molar-refractivity contribution in [2.75, 3.05) is 5.32 Å². The number of amides is 1. The first-order valence-electron chi connectivity index (χ1n) is 5.97. The largest absolute Gasteiger partial charge is 0.293 e. The lowest BCUT2D eigenvalue weighted by Crippen LogP contribution is -2.28. The Kier molecular flexibility index (Phi) is 2.76. The van der Waals surface area contributed by atoms with E-state index in [1.807, 2.05) is 18.2 Å². The third kappa shape index (κ3) is 2.09. The van der Waals surface area contributed by atoms with Crippen LogP contribution in [0.15, 0.2) is 24.4 Å². The van der Waals surface area contributed by atoms with Gasteiger partial charge in [-0.05, 0) is 25.0 Å². The van der Waals surface area contributed by atoms with Crippen molar-refractivity contribution in [2.24, 2.45) is 5.92 Å². The van der Waals surface area contributed by atoms with Crippen LogP contribution >= 0.6 is 0 Å². The molecule has 18 heavy (non-hydrogen) atoms. The molecule has 0 saturated heterocycles. The Morgan fingerprint density at radius 2 is 2.28 bits per heavy atom. The van der Waals surface area contributed by atoms with Gasteiger partial charge in [0.1, 0.15) is 5.69 Å². The van der Waals surface area contributed by atoms with Gasteiger partial charge in [-0.15, -0.1) is 5.10 Å². The van der Waals surface area contributed by atoms with Crippen LogP contribution in [0.2, 0.25) is 0 Å². The molecule has 1 aliphatic carbocycles. The molecule has 92 valence electrons. The van der Waals surface area contributed by atoms with Crippen molar-refractivity contribution >= 4 is 11.9 Å². The number of rotatable bonds is 3. The second-order valence-corrected chi connectivity index (χ2v) is 4.34. The predicted octanol–water partition coefficient (Wildman–Crippen LogP) is 1.61. The molecule has 2 aromatic rings. The molecule has 1 amide bonds. The Balaban J connectivity index is 1.71. The fraction of sp³-hybridized carbons (Fsp3) is 0.333. The Morgan fingerprint density at radius 1 is 1.39 bits per heavy atom. The first kappa shape index (κ1) is 10.9. The molecule has 0 bridgehead atoms. The van der Waals surface area contributed by atoms with Crippen molar-refractivity contribution < 1.29 is 4.79 Å². The van der Waals surface area contributed by atoms with Crippen LogP contribution in [-0.2, 0) is 4.79 Å². The average molecular weight is 243 g/mol. The fourth-order valence-corrected chi connectivity index (χ4v) is 1.82. The molecule has 2 N–H and O–H groups in total.